The van der Waals surface area contributed by atoms with Gasteiger partial charge in [-0.25, -0.2) is 9.13 Å². The fourth-order valence-corrected chi connectivity index (χ4v) is 3.71. The van der Waals surface area contributed by atoms with Crippen LogP contribution in [-0.4, -0.2) is 31.9 Å². The van der Waals surface area contributed by atoms with Crippen molar-refractivity contribution in [2.75, 3.05) is 32.2 Å². The molecule has 0 aliphatic carbocycles. The Morgan fingerprint density at radius 3 is 2.08 bits per heavy atom. The second kappa shape index (κ2) is 7.28. The van der Waals surface area contributed by atoms with Crippen molar-refractivity contribution in [1.82, 2.24) is 4.57 Å². The smallest absolute Gasteiger partial charge is 0.297 e. The molecule has 1 heterocycles. The maximum Gasteiger partial charge on any atom is 0.297 e. The van der Waals surface area contributed by atoms with E-state index >= 15 is 0 Å². The van der Waals surface area contributed by atoms with E-state index in [1.165, 1.54) is 11.0 Å². The first-order chi connectivity index (χ1) is 12.6. The second-order valence-corrected chi connectivity index (χ2v) is 6.33. The van der Waals surface area contributed by atoms with Crippen LogP contribution in [0.15, 0.2) is 36.4 Å². The molecule has 0 atom stereocenters. The molecule has 0 spiro atoms. The van der Waals surface area contributed by atoms with Crippen LogP contribution in [0, 0.1) is 0 Å². The number of para-hydroxylation sites is 2. The number of rotatable bonds is 6. The van der Waals surface area contributed by atoms with Gasteiger partial charge in [0.1, 0.15) is 17.1 Å². The van der Waals surface area contributed by atoms with Gasteiger partial charge in [0, 0.05) is 30.9 Å². The van der Waals surface area contributed by atoms with Crippen molar-refractivity contribution >= 4 is 16.7 Å². The van der Waals surface area contributed by atoms with Gasteiger partial charge < -0.3 is 14.4 Å². The van der Waals surface area contributed by atoms with Gasteiger partial charge in [0.15, 0.2) is 11.0 Å². The number of methoxy groups -OCH3 is 2. The van der Waals surface area contributed by atoms with E-state index in [1.807, 2.05) is 0 Å². The average molecular weight is 354 g/mol. The molecule has 0 amide bonds. The fourth-order valence-electron chi connectivity index (χ4n) is 3.71. The van der Waals surface area contributed by atoms with Gasteiger partial charge in [-0.05, 0) is 26.0 Å². The van der Waals surface area contributed by atoms with Crippen LogP contribution in [0.3, 0.4) is 0 Å². The molecule has 0 saturated carbocycles. The maximum absolute atomic E-state index is 5.79. The molecule has 0 fully saturated rings. The standard InChI is InChI=1S/C21H28N3O2/c1-7-24(8-2)15-13-18(25-5)20(19(14-15)26-6)21-22(3)16-11-9-10-12-17(16)23(21)4/h9-14H,7-8H2,1-6H3/q+1. The summed E-state index contributed by atoms with van der Waals surface area (Å²) >= 11 is 0. The Hall–Kier alpha value is -2.69. The van der Waals surface area contributed by atoms with Crippen LogP contribution in [0.4, 0.5) is 5.69 Å². The van der Waals surface area contributed by atoms with Gasteiger partial charge in [-0.2, -0.15) is 0 Å². The first-order valence-electron chi connectivity index (χ1n) is 9.02. The van der Waals surface area contributed by atoms with E-state index in [9.17, 15) is 0 Å². The number of hydrogen-bond donors (Lipinski definition) is 0. The largest absolute Gasteiger partial charge is 0.496 e. The Kier molecular flexibility index (Phi) is 5.07. The summed E-state index contributed by atoms with van der Waals surface area (Å²) in [5.74, 6) is 2.67. The van der Waals surface area contributed by atoms with Gasteiger partial charge >= 0.3 is 0 Å². The normalized spacial score (nSPS) is 11.0. The molecule has 0 radical (unpaired) electrons. The van der Waals surface area contributed by atoms with Crippen LogP contribution in [0.2, 0.25) is 0 Å². The van der Waals surface area contributed by atoms with Crippen LogP contribution in [-0.2, 0) is 14.1 Å². The molecule has 138 valence electrons. The molecule has 3 rings (SSSR count). The highest BCUT2D eigenvalue weighted by molar-refractivity contribution is 5.81. The summed E-state index contributed by atoms with van der Waals surface area (Å²) in [5, 5.41) is 0. The van der Waals surface area contributed by atoms with Crippen molar-refractivity contribution in [3.05, 3.63) is 36.4 Å². The molecular weight excluding hydrogens is 326 g/mol. The zero-order valence-electron chi connectivity index (χ0n) is 16.5. The van der Waals surface area contributed by atoms with Crippen LogP contribution in [0.5, 0.6) is 11.5 Å². The highest BCUT2D eigenvalue weighted by Gasteiger charge is 2.29. The van der Waals surface area contributed by atoms with E-state index in [1.54, 1.807) is 14.2 Å². The molecule has 3 aromatic rings. The van der Waals surface area contributed by atoms with E-state index < -0.39 is 0 Å². The quantitative estimate of drug-likeness (QED) is 0.635. The molecule has 0 bridgehead atoms. The molecule has 0 saturated heterocycles. The van der Waals surface area contributed by atoms with Gasteiger partial charge in [-0.3, -0.25) is 0 Å². The second-order valence-electron chi connectivity index (χ2n) is 6.33. The summed E-state index contributed by atoms with van der Waals surface area (Å²) in [6.45, 7) is 6.18. The third kappa shape index (κ3) is 2.77. The average Bonchev–Trinajstić information content (AvgIpc) is 2.93. The van der Waals surface area contributed by atoms with Crippen LogP contribution in [0.1, 0.15) is 13.8 Å². The fraction of sp³-hybridized carbons (Fsp3) is 0.381. The lowest BCUT2D eigenvalue weighted by Crippen LogP contribution is -2.30. The predicted molar refractivity (Wildman–Crippen MR) is 106 cm³/mol. The van der Waals surface area contributed by atoms with Crippen LogP contribution >= 0.6 is 0 Å². The third-order valence-electron chi connectivity index (χ3n) is 5.08. The number of hydrogen-bond acceptors (Lipinski definition) is 3. The van der Waals surface area contributed by atoms with Gasteiger partial charge in [0.05, 0.1) is 28.3 Å². The summed E-state index contributed by atoms with van der Waals surface area (Å²) in [4.78, 5) is 2.29. The minimum Gasteiger partial charge on any atom is -0.496 e. The molecule has 1 aromatic heterocycles. The van der Waals surface area contributed by atoms with Gasteiger partial charge in [-0.1, -0.05) is 12.1 Å². The minimum absolute atomic E-state index is 0.813. The zero-order chi connectivity index (χ0) is 18.8. The van der Waals surface area contributed by atoms with Crippen molar-refractivity contribution in [3.63, 3.8) is 0 Å². The predicted octanol–water partition coefficient (Wildman–Crippen LogP) is 3.53. The van der Waals surface area contributed by atoms with Crippen molar-refractivity contribution < 1.29 is 14.0 Å². The first-order valence-corrected chi connectivity index (χ1v) is 9.02. The van der Waals surface area contributed by atoms with Gasteiger partial charge in [-0.15, -0.1) is 0 Å². The lowest BCUT2D eigenvalue weighted by atomic mass is 10.1. The number of fused-ring (bicyclic) bond motifs is 1. The SMILES string of the molecule is CCN(CC)c1cc(OC)c(-c2n(C)c3ccccc3[n+]2C)c(OC)c1. The Labute approximate surface area is 155 Å². The molecule has 0 unspecified atom stereocenters. The van der Waals surface area contributed by atoms with Crippen LogP contribution in [0.25, 0.3) is 22.4 Å². The highest BCUT2D eigenvalue weighted by Crippen LogP contribution is 2.41. The summed E-state index contributed by atoms with van der Waals surface area (Å²) in [5.41, 5.74) is 4.41. The number of anilines is 1. The maximum atomic E-state index is 5.79. The summed E-state index contributed by atoms with van der Waals surface area (Å²) in [7, 11) is 7.59. The number of aromatic nitrogens is 2. The lowest BCUT2D eigenvalue weighted by Gasteiger charge is -2.23. The molecule has 26 heavy (non-hydrogen) atoms. The Morgan fingerprint density at radius 1 is 1.00 bits per heavy atom. The summed E-state index contributed by atoms with van der Waals surface area (Å²) in [6.07, 6.45) is 0. The molecule has 0 N–H and O–H groups in total. The number of nitrogens with zero attached hydrogens (tertiary/aromatic N) is 3. The zero-order valence-corrected chi connectivity index (χ0v) is 16.5. The number of benzene rings is 2. The van der Waals surface area contributed by atoms with Gasteiger partial charge in [0.25, 0.3) is 5.82 Å². The molecule has 0 aliphatic heterocycles. The molecular formula is C21H28N3O2+. The van der Waals surface area contributed by atoms with Crippen molar-refractivity contribution in [2.45, 2.75) is 13.8 Å². The summed E-state index contributed by atoms with van der Waals surface area (Å²) in [6, 6.07) is 12.6. The Morgan fingerprint density at radius 2 is 1.58 bits per heavy atom. The minimum atomic E-state index is 0.813. The van der Waals surface area contributed by atoms with E-state index in [-0.39, 0.29) is 0 Å². The van der Waals surface area contributed by atoms with Crippen molar-refractivity contribution in [2.24, 2.45) is 14.1 Å². The monoisotopic (exact) mass is 354 g/mol. The van der Waals surface area contributed by atoms with E-state index in [0.717, 1.165) is 41.7 Å². The molecule has 2 aromatic carbocycles. The lowest BCUT2D eigenvalue weighted by molar-refractivity contribution is -0.634. The van der Waals surface area contributed by atoms with E-state index in [2.05, 4.69) is 78.4 Å². The Bertz CT molecular complexity index is 862. The van der Waals surface area contributed by atoms with E-state index in [4.69, 9.17) is 9.47 Å². The number of ether oxygens (including phenoxy) is 2. The van der Waals surface area contributed by atoms with Crippen molar-refractivity contribution in [3.8, 4) is 22.9 Å². The molecule has 0 aliphatic rings. The first kappa shape index (κ1) is 18.1. The summed E-state index contributed by atoms with van der Waals surface area (Å²) < 4.78 is 16.0. The van der Waals surface area contributed by atoms with Gasteiger partial charge in [0.2, 0.25) is 0 Å². The van der Waals surface area contributed by atoms with Crippen LogP contribution < -0.4 is 18.9 Å². The van der Waals surface area contributed by atoms with Crippen molar-refractivity contribution in [1.29, 1.82) is 0 Å². The Balaban J connectivity index is 2.32. The molecule has 5 heteroatoms. The third-order valence-corrected chi connectivity index (χ3v) is 5.08. The molecule has 5 nitrogen and oxygen atoms in total. The number of imidazole rings is 1. The topological polar surface area (TPSA) is 30.5 Å². The number of aryl methyl sites for hydroxylation is 2. The van der Waals surface area contributed by atoms with E-state index in [0.29, 0.717) is 0 Å². The highest BCUT2D eigenvalue weighted by atomic mass is 16.5.